The lowest BCUT2D eigenvalue weighted by molar-refractivity contribution is 0.244. The molecule has 0 aliphatic heterocycles. The lowest BCUT2D eigenvalue weighted by atomic mass is 10.1. The van der Waals surface area contributed by atoms with E-state index >= 15 is 0 Å². The predicted molar refractivity (Wildman–Crippen MR) is 60.9 cm³/mol. The third-order valence-electron chi connectivity index (χ3n) is 2.22. The van der Waals surface area contributed by atoms with Crippen molar-refractivity contribution in [3.63, 3.8) is 0 Å². The molecule has 0 amide bonds. The molecule has 0 fully saturated rings. The molecule has 1 unspecified atom stereocenters. The molecule has 1 atom stereocenters. The number of hydrogen-bond donors (Lipinski definition) is 2. The topological polar surface area (TPSA) is 32.3 Å². The second kappa shape index (κ2) is 5.23. The standard InChI is InChI=1S/C11H16ClNO/c1-8(7-14)6-13-11-5-3-4-10(12)9(11)2/h3-5,8,13-14H,6-7H2,1-2H3. The first-order valence-corrected chi connectivity index (χ1v) is 5.12. The quantitative estimate of drug-likeness (QED) is 0.806. The van der Waals surface area contributed by atoms with Gasteiger partial charge in [-0.05, 0) is 30.5 Å². The molecule has 78 valence electrons. The van der Waals surface area contributed by atoms with Crippen LogP contribution in [-0.4, -0.2) is 18.3 Å². The highest BCUT2D eigenvalue weighted by molar-refractivity contribution is 6.31. The van der Waals surface area contributed by atoms with Gasteiger partial charge in [-0.25, -0.2) is 0 Å². The van der Waals surface area contributed by atoms with Gasteiger partial charge in [0, 0.05) is 23.9 Å². The summed E-state index contributed by atoms with van der Waals surface area (Å²) in [5, 5.41) is 12.9. The Hall–Kier alpha value is -0.730. The van der Waals surface area contributed by atoms with Crippen LogP contribution < -0.4 is 5.32 Å². The molecule has 0 aliphatic rings. The van der Waals surface area contributed by atoms with Crippen LogP contribution in [-0.2, 0) is 0 Å². The summed E-state index contributed by atoms with van der Waals surface area (Å²) in [7, 11) is 0. The van der Waals surface area contributed by atoms with E-state index in [9.17, 15) is 0 Å². The SMILES string of the molecule is Cc1c(Cl)cccc1NCC(C)CO. The van der Waals surface area contributed by atoms with Crippen molar-refractivity contribution in [1.29, 1.82) is 0 Å². The smallest absolute Gasteiger partial charge is 0.0473 e. The van der Waals surface area contributed by atoms with Gasteiger partial charge < -0.3 is 10.4 Å². The number of benzene rings is 1. The van der Waals surface area contributed by atoms with E-state index < -0.39 is 0 Å². The lowest BCUT2D eigenvalue weighted by Crippen LogP contribution is -2.14. The highest BCUT2D eigenvalue weighted by Crippen LogP contribution is 2.22. The molecule has 0 saturated heterocycles. The van der Waals surface area contributed by atoms with Crippen LogP contribution in [0.15, 0.2) is 18.2 Å². The van der Waals surface area contributed by atoms with Gasteiger partial charge in [0.1, 0.15) is 0 Å². The summed E-state index contributed by atoms with van der Waals surface area (Å²) in [6.45, 7) is 4.94. The Labute approximate surface area is 89.9 Å². The zero-order chi connectivity index (χ0) is 10.6. The maximum Gasteiger partial charge on any atom is 0.0473 e. The minimum absolute atomic E-state index is 0.201. The predicted octanol–water partition coefficient (Wildman–Crippen LogP) is 2.69. The first-order valence-electron chi connectivity index (χ1n) is 4.75. The van der Waals surface area contributed by atoms with Gasteiger partial charge in [0.2, 0.25) is 0 Å². The number of aliphatic hydroxyl groups excluding tert-OH is 1. The van der Waals surface area contributed by atoms with Gasteiger partial charge in [-0.2, -0.15) is 0 Å². The van der Waals surface area contributed by atoms with Crippen molar-refractivity contribution in [3.05, 3.63) is 28.8 Å². The minimum atomic E-state index is 0.201. The highest BCUT2D eigenvalue weighted by atomic mass is 35.5. The van der Waals surface area contributed by atoms with E-state index in [1.54, 1.807) is 0 Å². The Morgan fingerprint density at radius 1 is 1.50 bits per heavy atom. The Morgan fingerprint density at radius 3 is 2.86 bits per heavy atom. The van der Waals surface area contributed by atoms with Gasteiger partial charge >= 0.3 is 0 Å². The van der Waals surface area contributed by atoms with Crippen molar-refractivity contribution in [1.82, 2.24) is 0 Å². The van der Waals surface area contributed by atoms with Crippen LogP contribution in [0.4, 0.5) is 5.69 Å². The van der Waals surface area contributed by atoms with E-state index in [0.717, 1.165) is 22.8 Å². The fourth-order valence-corrected chi connectivity index (χ4v) is 1.32. The Kier molecular flexibility index (Phi) is 4.23. The van der Waals surface area contributed by atoms with Crippen LogP contribution in [0.25, 0.3) is 0 Å². The van der Waals surface area contributed by atoms with Crippen LogP contribution in [0.1, 0.15) is 12.5 Å². The van der Waals surface area contributed by atoms with Gasteiger partial charge in [-0.1, -0.05) is 24.6 Å². The molecule has 2 nitrogen and oxygen atoms in total. The molecule has 0 spiro atoms. The zero-order valence-corrected chi connectivity index (χ0v) is 9.30. The highest BCUT2D eigenvalue weighted by Gasteiger charge is 2.03. The monoisotopic (exact) mass is 213 g/mol. The third kappa shape index (κ3) is 2.89. The Balaban J connectivity index is 2.63. The van der Waals surface area contributed by atoms with Crippen LogP contribution in [0.2, 0.25) is 5.02 Å². The summed E-state index contributed by atoms with van der Waals surface area (Å²) in [5.41, 5.74) is 2.09. The van der Waals surface area contributed by atoms with Crippen molar-refractivity contribution >= 4 is 17.3 Å². The van der Waals surface area contributed by atoms with Crippen molar-refractivity contribution in [2.45, 2.75) is 13.8 Å². The molecule has 0 heterocycles. The molecular formula is C11H16ClNO. The summed E-state index contributed by atoms with van der Waals surface area (Å²) in [4.78, 5) is 0. The lowest BCUT2D eigenvalue weighted by Gasteiger charge is -2.13. The first-order chi connectivity index (χ1) is 6.65. The first kappa shape index (κ1) is 11.3. The fourth-order valence-electron chi connectivity index (χ4n) is 1.15. The number of aliphatic hydroxyl groups is 1. The van der Waals surface area contributed by atoms with Crippen LogP contribution in [0.5, 0.6) is 0 Å². The second-order valence-corrected chi connectivity index (χ2v) is 3.99. The van der Waals surface area contributed by atoms with Crippen LogP contribution in [0.3, 0.4) is 0 Å². The normalized spacial score (nSPS) is 12.6. The average Bonchev–Trinajstić information content (AvgIpc) is 2.20. The van der Waals surface area contributed by atoms with Gasteiger partial charge in [0.25, 0.3) is 0 Å². The maximum absolute atomic E-state index is 8.87. The molecule has 0 radical (unpaired) electrons. The zero-order valence-electron chi connectivity index (χ0n) is 8.55. The Bertz CT molecular complexity index is 301. The summed E-state index contributed by atoms with van der Waals surface area (Å²) in [5.74, 6) is 0.258. The fraction of sp³-hybridized carbons (Fsp3) is 0.455. The van der Waals surface area contributed by atoms with Gasteiger partial charge in [-0.3, -0.25) is 0 Å². The van der Waals surface area contributed by atoms with Crippen molar-refractivity contribution < 1.29 is 5.11 Å². The third-order valence-corrected chi connectivity index (χ3v) is 2.63. The van der Waals surface area contributed by atoms with E-state index in [1.807, 2.05) is 32.0 Å². The van der Waals surface area contributed by atoms with Crippen LogP contribution in [0, 0.1) is 12.8 Å². The summed E-state index contributed by atoms with van der Waals surface area (Å²) in [6, 6.07) is 5.78. The molecular weight excluding hydrogens is 198 g/mol. The molecule has 1 aromatic carbocycles. The Morgan fingerprint density at radius 2 is 2.21 bits per heavy atom. The average molecular weight is 214 g/mol. The van der Waals surface area contributed by atoms with Crippen molar-refractivity contribution in [2.24, 2.45) is 5.92 Å². The maximum atomic E-state index is 8.87. The van der Waals surface area contributed by atoms with Crippen molar-refractivity contribution in [2.75, 3.05) is 18.5 Å². The number of anilines is 1. The summed E-state index contributed by atoms with van der Waals surface area (Å²) in [6.07, 6.45) is 0. The largest absolute Gasteiger partial charge is 0.396 e. The van der Waals surface area contributed by atoms with Crippen LogP contribution >= 0.6 is 11.6 Å². The molecule has 1 rings (SSSR count). The van der Waals surface area contributed by atoms with Gasteiger partial charge in [-0.15, -0.1) is 0 Å². The number of hydrogen-bond acceptors (Lipinski definition) is 2. The molecule has 0 bridgehead atoms. The van der Waals surface area contributed by atoms with Gasteiger partial charge in [0.05, 0.1) is 0 Å². The molecule has 2 N–H and O–H groups in total. The second-order valence-electron chi connectivity index (χ2n) is 3.58. The molecule has 0 saturated carbocycles. The molecule has 0 aromatic heterocycles. The molecule has 3 heteroatoms. The van der Waals surface area contributed by atoms with Gasteiger partial charge in [0.15, 0.2) is 0 Å². The van der Waals surface area contributed by atoms with E-state index in [4.69, 9.17) is 16.7 Å². The number of rotatable bonds is 4. The number of nitrogens with one attached hydrogen (secondary N) is 1. The summed E-state index contributed by atoms with van der Waals surface area (Å²) < 4.78 is 0. The van der Waals surface area contributed by atoms with E-state index in [-0.39, 0.29) is 12.5 Å². The molecule has 1 aromatic rings. The number of halogens is 1. The minimum Gasteiger partial charge on any atom is -0.396 e. The van der Waals surface area contributed by atoms with E-state index in [2.05, 4.69) is 5.32 Å². The molecule has 0 aliphatic carbocycles. The van der Waals surface area contributed by atoms with E-state index in [1.165, 1.54) is 0 Å². The van der Waals surface area contributed by atoms with Crippen molar-refractivity contribution in [3.8, 4) is 0 Å². The summed E-state index contributed by atoms with van der Waals surface area (Å²) >= 11 is 5.97. The van der Waals surface area contributed by atoms with E-state index in [0.29, 0.717) is 0 Å². The molecule has 14 heavy (non-hydrogen) atoms.